The van der Waals surface area contributed by atoms with Gasteiger partial charge in [0.2, 0.25) is 0 Å². The third-order valence-electron chi connectivity index (χ3n) is 2.57. The van der Waals surface area contributed by atoms with Gasteiger partial charge >= 0.3 is 0 Å². The third kappa shape index (κ3) is 3.51. The standard InChI is InChI=1S/C14H16ClN3O/c1-3-17-10-6-11(9-16-8-10)18-14-7-12(19-2)4-5-13(14)15/h4-9,17-18H,3H2,1-2H3. The van der Waals surface area contributed by atoms with Crippen molar-refractivity contribution in [3.63, 3.8) is 0 Å². The van der Waals surface area contributed by atoms with Crippen molar-refractivity contribution in [1.82, 2.24) is 4.98 Å². The molecule has 0 fully saturated rings. The maximum atomic E-state index is 6.15. The van der Waals surface area contributed by atoms with Crippen LogP contribution in [0.15, 0.2) is 36.7 Å². The lowest BCUT2D eigenvalue weighted by molar-refractivity contribution is 0.415. The molecule has 0 saturated heterocycles. The van der Waals surface area contributed by atoms with Crippen molar-refractivity contribution in [3.05, 3.63) is 41.7 Å². The van der Waals surface area contributed by atoms with E-state index in [1.807, 2.05) is 25.1 Å². The molecule has 5 heteroatoms. The van der Waals surface area contributed by atoms with E-state index in [0.717, 1.165) is 29.4 Å². The summed E-state index contributed by atoms with van der Waals surface area (Å²) in [4.78, 5) is 4.17. The van der Waals surface area contributed by atoms with Gasteiger partial charge in [-0.15, -0.1) is 0 Å². The van der Waals surface area contributed by atoms with Crippen LogP contribution >= 0.6 is 11.6 Å². The highest BCUT2D eigenvalue weighted by Gasteiger charge is 2.04. The largest absolute Gasteiger partial charge is 0.497 e. The lowest BCUT2D eigenvalue weighted by Gasteiger charge is -2.11. The number of pyridine rings is 1. The van der Waals surface area contributed by atoms with E-state index >= 15 is 0 Å². The Bertz CT molecular complexity index is 560. The zero-order valence-corrected chi connectivity index (χ0v) is 11.7. The lowest BCUT2D eigenvalue weighted by Crippen LogP contribution is -1.99. The number of methoxy groups -OCH3 is 1. The number of anilines is 3. The first-order valence-electron chi connectivity index (χ1n) is 6.02. The molecule has 0 spiro atoms. The fourth-order valence-electron chi connectivity index (χ4n) is 1.69. The number of ether oxygens (including phenoxy) is 1. The minimum atomic E-state index is 0.634. The third-order valence-corrected chi connectivity index (χ3v) is 2.90. The molecule has 0 aliphatic rings. The molecule has 0 amide bonds. The fourth-order valence-corrected chi connectivity index (χ4v) is 1.86. The summed E-state index contributed by atoms with van der Waals surface area (Å²) in [7, 11) is 1.63. The Morgan fingerprint density at radius 3 is 2.74 bits per heavy atom. The van der Waals surface area contributed by atoms with Crippen molar-refractivity contribution < 1.29 is 4.74 Å². The summed E-state index contributed by atoms with van der Waals surface area (Å²) in [5.41, 5.74) is 2.62. The topological polar surface area (TPSA) is 46.2 Å². The van der Waals surface area contributed by atoms with Crippen LogP contribution in [0.1, 0.15) is 6.92 Å². The van der Waals surface area contributed by atoms with Crippen LogP contribution in [-0.4, -0.2) is 18.6 Å². The number of nitrogens with one attached hydrogen (secondary N) is 2. The summed E-state index contributed by atoms with van der Waals surface area (Å²) < 4.78 is 5.18. The van der Waals surface area contributed by atoms with E-state index in [9.17, 15) is 0 Å². The van der Waals surface area contributed by atoms with Crippen molar-refractivity contribution in [3.8, 4) is 5.75 Å². The molecule has 2 aromatic rings. The molecule has 0 aliphatic carbocycles. The second-order valence-corrected chi connectivity index (χ2v) is 4.37. The van der Waals surface area contributed by atoms with E-state index in [2.05, 4.69) is 15.6 Å². The van der Waals surface area contributed by atoms with E-state index < -0.39 is 0 Å². The molecule has 0 unspecified atom stereocenters. The average molecular weight is 278 g/mol. The molecule has 0 bridgehead atoms. The molecule has 0 saturated carbocycles. The molecular weight excluding hydrogens is 262 g/mol. The normalized spacial score (nSPS) is 10.1. The number of hydrogen-bond acceptors (Lipinski definition) is 4. The van der Waals surface area contributed by atoms with Crippen molar-refractivity contribution in [2.24, 2.45) is 0 Å². The van der Waals surface area contributed by atoms with Crippen LogP contribution in [0, 0.1) is 0 Å². The van der Waals surface area contributed by atoms with Crippen molar-refractivity contribution in [2.75, 3.05) is 24.3 Å². The second-order valence-electron chi connectivity index (χ2n) is 3.96. The number of benzene rings is 1. The average Bonchev–Trinajstić information content (AvgIpc) is 2.42. The molecule has 0 radical (unpaired) electrons. The number of hydrogen-bond donors (Lipinski definition) is 2. The van der Waals surface area contributed by atoms with Gasteiger partial charge in [-0.25, -0.2) is 0 Å². The van der Waals surface area contributed by atoms with Gasteiger partial charge in [-0.05, 0) is 25.1 Å². The van der Waals surface area contributed by atoms with Crippen LogP contribution < -0.4 is 15.4 Å². The van der Waals surface area contributed by atoms with Gasteiger partial charge in [0.1, 0.15) is 5.75 Å². The Kier molecular flexibility index (Phi) is 4.47. The highest BCUT2D eigenvalue weighted by Crippen LogP contribution is 2.29. The van der Waals surface area contributed by atoms with Crippen LogP contribution in [0.3, 0.4) is 0 Å². The second kappa shape index (κ2) is 6.29. The number of halogens is 1. The smallest absolute Gasteiger partial charge is 0.121 e. The van der Waals surface area contributed by atoms with Crippen molar-refractivity contribution in [2.45, 2.75) is 6.92 Å². The fraction of sp³-hybridized carbons (Fsp3) is 0.214. The van der Waals surface area contributed by atoms with Crippen molar-refractivity contribution >= 4 is 28.7 Å². The van der Waals surface area contributed by atoms with E-state index in [4.69, 9.17) is 16.3 Å². The first kappa shape index (κ1) is 13.5. The summed E-state index contributed by atoms with van der Waals surface area (Å²) in [5, 5.41) is 7.08. The Labute approximate surface area is 117 Å². The van der Waals surface area contributed by atoms with Gasteiger partial charge in [-0.3, -0.25) is 4.98 Å². The van der Waals surface area contributed by atoms with Crippen LogP contribution in [0.5, 0.6) is 5.75 Å². The van der Waals surface area contributed by atoms with Crippen LogP contribution in [-0.2, 0) is 0 Å². The predicted molar refractivity (Wildman–Crippen MR) is 79.7 cm³/mol. The highest BCUT2D eigenvalue weighted by molar-refractivity contribution is 6.33. The number of nitrogens with zero attached hydrogens (tertiary/aromatic N) is 1. The molecule has 100 valence electrons. The van der Waals surface area contributed by atoms with Crippen LogP contribution in [0.4, 0.5) is 17.1 Å². The molecule has 1 aromatic carbocycles. The first-order chi connectivity index (χ1) is 9.22. The molecule has 2 rings (SSSR count). The summed E-state index contributed by atoms with van der Waals surface area (Å²) >= 11 is 6.15. The van der Waals surface area contributed by atoms with E-state index in [1.54, 1.807) is 25.6 Å². The molecule has 2 N–H and O–H groups in total. The molecule has 4 nitrogen and oxygen atoms in total. The summed E-state index contributed by atoms with van der Waals surface area (Å²) in [6, 6.07) is 7.44. The Balaban J connectivity index is 2.22. The quantitative estimate of drug-likeness (QED) is 0.870. The monoisotopic (exact) mass is 277 g/mol. The number of rotatable bonds is 5. The van der Waals surface area contributed by atoms with Gasteiger partial charge in [0.25, 0.3) is 0 Å². The summed E-state index contributed by atoms with van der Waals surface area (Å²) in [6.45, 7) is 2.89. The van der Waals surface area contributed by atoms with Gasteiger partial charge in [0.05, 0.1) is 41.6 Å². The minimum absolute atomic E-state index is 0.634. The van der Waals surface area contributed by atoms with Gasteiger partial charge in [0.15, 0.2) is 0 Å². The zero-order chi connectivity index (χ0) is 13.7. The van der Waals surface area contributed by atoms with E-state index in [0.29, 0.717) is 5.02 Å². The predicted octanol–water partition coefficient (Wildman–Crippen LogP) is 3.92. The Morgan fingerprint density at radius 1 is 1.21 bits per heavy atom. The maximum absolute atomic E-state index is 6.15. The molecule has 0 atom stereocenters. The minimum Gasteiger partial charge on any atom is -0.497 e. The highest BCUT2D eigenvalue weighted by atomic mass is 35.5. The van der Waals surface area contributed by atoms with Gasteiger partial charge in [0, 0.05) is 12.6 Å². The SMILES string of the molecule is CCNc1cncc(Nc2cc(OC)ccc2Cl)c1. The molecule has 1 heterocycles. The summed E-state index contributed by atoms with van der Waals surface area (Å²) in [5.74, 6) is 0.752. The summed E-state index contributed by atoms with van der Waals surface area (Å²) in [6.07, 6.45) is 3.53. The molecule has 19 heavy (non-hydrogen) atoms. The van der Waals surface area contributed by atoms with Crippen LogP contribution in [0.25, 0.3) is 0 Å². The first-order valence-corrected chi connectivity index (χ1v) is 6.40. The molecule has 1 aromatic heterocycles. The van der Waals surface area contributed by atoms with Gasteiger partial charge < -0.3 is 15.4 Å². The van der Waals surface area contributed by atoms with Crippen LogP contribution in [0.2, 0.25) is 5.02 Å². The lowest BCUT2D eigenvalue weighted by atomic mass is 10.2. The Hall–Kier alpha value is -1.94. The van der Waals surface area contributed by atoms with Gasteiger partial charge in [-0.1, -0.05) is 11.6 Å². The molecule has 0 aliphatic heterocycles. The zero-order valence-electron chi connectivity index (χ0n) is 10.9. The molecular formula is C14H16ClN3O. The van der Waals surface area contributed by atoms with Gasteiger partial charge in [-0.2, -0.15) is 0 Å². The maximum Gasteiger partial charge on any atom is 0.121 e. The van der Waals surface area contributed by atoms with E-state index in [-0.39, 0.29) is 0 Å². The van der Waals surface area contributed by atoms with E-state index in [1.165, 1.54) is 0 Å². The number of aromatic nitrogens is 1. The van der Waals surface area contributed by atoms with Crippen molar-refractivity contribution in [1.29, 1.82) is 0 Å². The Morgan fingerprint density at radius 2 is 2.00 bits per heavy atom.